The third kappa shape index (κ3) is 4.12. The van der Waals surface area contributed by atoms with Crippen LogP contribution in [-0.2, 0) is 4.79 Å². The summed E-state index contributed by atoms with van der Waals surface area (Å²) in [6, 6.07) is 11.9. The van der Waals surface area contributed by atoms with Gasteiger partial charge in [0.2, 0.25) is 0 Å². The molecule has 0 spiro atoms. The lowest BCUT2D eigenvalue weighted by Crippen LogP contribution is -2.34. The third-order valence-corrected chi connectivity index (χ3v) is 5.79. The molecule has 2 aliphatic rings. The predicted molar refractivity (Wildman–Crippen MR) is 110 cm³/mol. The standard InChI is InChI=1S/C22H24BrNO4/c1-15-5-7-19(17(23)12-15)28-14-22(25)24-9-2-4-18(24)16-6-8-20-21(13-16)27-11-3-10-26-20/h5-8,12-13,18H,2-4,9-11,14H2,1H3. The van der Waals surface area contributed by atoms with Crippen LogP contribution in [0.15, 0.2) is 40.9 Å². The van der Waals surface area contributed by atoms with E-state index in [0.29, 0.717) is 19.0 Å². The van der Waals surface area contributed by atoms with Crippen molar-refractivity contribution in [2.75, 3.05) is 26.4 Å². The van der Waals surface area contributed by atoms with E-state index in [4.69, 9.17) is 14.2 Å². The van der Waals surface area contributed by atoms with Gasteiger partial charge < -0.3 is 19.1 Å². The lowest BCUT2D eigenvalue weighted by Gasteiger charge is -2.26. The number of carbonyl (C=O) groups is 1. The number of hydrogen-bond acceptors (Lipinski definition) is 4. The summed E-state index contributed by atoms with van der Waals surface area (Å²) < 4.78 is 18.2. The van der Waals surface area contributed by atoms with Gasteiger partial charge >= 0.3 is 0 Å². The van der Waals surface area contributed by atoms with Crippen LogP contribution in [0.4, 0.5) is 0 Å². The van der Waals surface area contributed by atoms with E-state index >= 15 is 0 Å². The molecular formula is C22H24BrNO4. The van der Waals surface area contributed by atoms with Crippen molar-refractivity contribution in [1.29, 1.82) is 0 Å². The number of rotatable bonds is 4. The van der Waals surface area contributed by atoms with Crippen molar-refractivity contribution in [3.63, 3.8) is 0 Å². The minimum atomic E-state index is 0.00193. The zero-order chi connectivity index (χ0) is 19.5. The molecular weight excluding hydrogens is 422 g/mol. The Hall–Kier alpha value is -2.21. The highest BCUT2D eigenvalue weighted by Crippen LogP contribution is 2.38. The molecule has 1 amide bonds. The number of amides is 1. The molecule has 6 heteroatoms. The van der Waals surface area contributed by atoms with Crippen molar-refractivity contribution >= 4 is 21.8 Å². The van der Waals surface area contributed by atoms with Gasteiger partial charge in [0, 0.05) is 13.0 Å². The normalized spacial score (nSPS) is 18.6. The average molecular weight is 446 g/mol. The van der Waals surface area contributed by atoms with Gasteiger partial charge in [0.05, 0.1) is 23.7 Å². The van der Waals surface area contributed by atoms with Crippen LogP contribution in [0.1, 0.15) is 36.4 Å². The molecule has 1 atom stereocenters. The fraction of sp³-hybridized carbons (Fsp3) is 0.409. The van der Waals surface area contributed by atoms with E-state index in [1.807, 2.05) is 48.2 Å². The van der Waals surface area contributed by atoms with E-state index in [-0.39, 0.29) is 18.6 Å². The Kier molecular flexibility index (Phi) is 5.76. The number of ether oxygens (including phenoxy) is 3. The molecule has 1 fully saturated rings. The van der Waals surface area contributed by atoms with Crippen molar-refractivity contribution < 1.29 is 19.0 Å². The Morgan fingerprint density at radius 2 is 1.96 bits per heavy atom. The molecule has 5 nitrogen and oxygen atoms in total. The zero-order valence-corrected chi connectivity index (χ0v) is 17.5. The van der Waals surface area contributed by atoms with E-state index in [0.717, 1.165) is 52.9 Å². The lowest BCUT2D eigenvalue weighted by atomic mass is 10.0. The van der Waals surface area contributed by atoms with E-state index in [1.54, 1.807) is 0 Å². The van der Waals surface area contributed by atoms with Gasteiger partial charge in [0.1, 0.15) is 5.75 Å². The molecule has 2 heterocycles. The fourth-order valence-electron chi connectivity index (χ4n) is 3.74. The van der Waals surface area contributed by atoms with E-state index < -0.39 is 0 Å². The molecule has 1 saturated heterocycles. The lowest BCUT2D eigenvalue weighted by molar-refractivity contribution is -0.134. The first-order valence-corrected chi connectivity index (χ1v) is 10.5. The van der Waals surface area contributed by atoms with E-state index in [1.165, 1.54) is 0 Å². The SMILES string of the molecule is Cc1ccc(OCC(=O)N2CCCC2c2ccc3c(c2)OCCCO3)c(Br)c1. The summed E-state index contributed by atoms with van der Waals surface area (Å²) in [5.74, 6) is 2.24. The number of nitrogens with zero attached hydrogens (tertiary/aromatic N) is 1. The van der Waals surface area contributed by atoms with Gasteiger partial charge in [-0.2, -0.15) is 0 Å². The summed E-state index contributed by atoms with van der Waals surface area (Å²) >= 11 is 3.49. The molecule has 1 unspecified atom stereocenters. The van der Waals surface area contributed by atoms with Crippen molar-refractivity contribution in [2.24, 2.45) is 0 Å². The second kappa shape index (κ2) is 8.43. The monoisotopic (exact) mass is 445 g/mol. The number of carbonyl (C=O) groups excluding carboxylic acids is 1. The van der Waals surface area contributed by atoms with Crippen molar-refractivity contribution in [1.82, 2.24) is 4.90 Å². The average Bonchev–Trinajstić information content (AvgIpc) is 3.06. The van der Waals surface area contributed by atoms with Gasteiger partial charge in [-0.05, 0) is 71.1 Å². The summed E-state index contributed by atoms with van der Waals surface area (Å²) in [6.07, 6.45) is 2.81. The van der Waals surface area contributed by atoms with Gasteiger partial charge in [-0.3, -0.25) is 4.79 Å². The molecule has 0 bridgehead atoms. The molecule has 4 rings (SSSR count). The number of benzene rings is 2. The number of hydrogen-bond donors (Lipinski definition) is 0. The first-order chi connectivity index (χ1) is 13.6. The number of likely N-dealkylation sites (tertiary alicyclic amines) is 1. The van der Waals surface area contributed by atoms with Crippen LogP contribution in [0.25, 0.3) is 0 Å². The zero-order valence-electron chi connectivity index (χ0n) is 15.9. The summed E-state index contributed by atoms with van der Waals surface area (Å²) in [5.41, 5.74) is 2.23. The van der Waals surface area contributed by atoms with Crippen LogP contribution in [-0.4, -0.2) is 37.2 Å². The quantitative estimate of drug-likeness (QED) is 0.686. The Morgan fingerprint density at radius 1 is 1.14 bits per heavy atom. The second-order valence-electron chi connectivity index (χ2n) is 7.22. The van der Waals surface area contributed by atoms with Gasteiger partial charge in [0.25, 0.3) is 5.91 Å². The van der Waals surface area contributed by atoms with E-state index in [9.17, 15) is 4.79 Å². The van der Waals surface area contributed by atoms with E-state index in [2.05, 4.69) is 15.9 Å². The maximum absolute atomic E-state index is 12.9. The minimum Gasteiger partial charge on any atom is -0.490 e. The molecule has 2 aromatic carbocycles. The summed E-state index contributed by atoms with van der Waals surface area (Å²) in [5, 5.41) is 0. The number of halogens is 1. The maximum Gasteiger partial charge on any atom is 0.261 e. The van der Waals surface area contributed by atoms with Crippen LogP contribution < -0.4 is 14.2 Å². The highest BCUT2D eigenvalue weighted by Gasteiger charge is 2.31. The van der Waals surface area contributed by atoms with Crippen LogP contribution in [0, 0.1) is 6.92 Å². The summed E-state index contributed by atoms with van der Waals surface area (Å²) in [4.78, 5) is 14.8. The van der Waals surface area contributed by atoms with Crippen LogP contribution in [0.5, 0.6) is 17.2 Å². The van der Waals surface area contributed by atoms with Crippen LogP contribution >= 0.6 is 15.9 Å². The maximum atomic E-state index is 12.9. The molecule has 148 valence electrons. The molecule has 0 aromatic heterocycles. The predicted octanol–water partition coefficient (Wildman–Crippen LogP) is 4.66. The number of aryl methyl sites for hydroxylation is 1. The Labute approximate surface area is 173 Å². The fourth-order valence-corrected chi connectivity index (χ4v) is 4.35. The van der Waals surface area contributed by atoms with Gasteiger partial charge in [-0.1, -0.05) is 12.1 Å². The van der Waals surface area contributed by atoms with Crippen molar-refractivity contribution in [3.05, 3.63) is 52.0 Å². The minimum absolute atomic E-state index is 0.00193. The molecule has 0 N–H and O–H groups in total. The van der Waals surface area contributed by atoms with Crippen molar-refractivity contribution in [2.45, 2.75) is 32.2 Å². The summed E-state index contributed by atoms with van der Waals surface area (Å²) in [7, 11) is 0. The first kappa shape index (κ1) is 19.1. The highest BCUT2D eigenvalue weighted by atomic mass is 79.9. The van der Waals surface area contributed by atoms with Gasteiger partial charge in [0.15, 0.2) is 18.1 Å². The molecule has 0 radical (unpaired) electrons. The Bertz CT molecular complexity index is 870. The third-order valence-electron chi connectivity index (χ3n) is 5.17. The first-order valence-electron chi connectivity index (χ1n) is 9.70. The highest BCUT2D eigenvalue weighted by molar-refractivity contribution is 9.10. The molecule has 28 heavy (non-hydrogen) atoms. The Balaban J connectivity index is 1.45. The van der Waals surface area contributed by atoms with Gasteiger partial charge in [-0.25, -0.2) is 0 Å². The topological polar surface area (TPSA) is 48.0 Å². The van der Waals surface area contributed by atoms with Gasteiger partial charge in [-0.15, -0.1) is 0 Å². The Morgan fingerprint density at radius 3 is 2.79 bits per heavy atom. The largest absolute Gasteiger partial charge is 0.490 e. The van der Waals surface area contributed by atoms with Crippen LogP contribution in [0.3, 0.4) is 0 Å². The van der Waals surface area contributed by atoms with Crippen molar-refractivity contribution in [3.8, 4) is 17.2 Å². The summed E-state index contributed by atoms with van der Waals surface area (Å²) in [6.45, 7) is 4.12. The molecule has 0 saturated carbocycles. The number of fused-ring (bicyclic) bond motifs is 1. The molecule has 0 aliphatic carbocycles. The smallest absolute Gasteiger partial charge is 0.261 e. The second-order valence-corrected chi connectivity index (χ2v) is 8.08. The molecule has 2 aliphatic heterocycles. The van der Waals surface area contributed by atoms with Crippen LogP contribution in [0.2, 0.25) is 0 Å². The molecule has 2 aromatic rings.